The fourth-order valence-corrected chi connectivity index (χ4v) is 1.41. The summed E-state index contributed by atoms with van der Waals surface area (Å²) in [4.78, 5) is 20.4. The van der Waals surface area contributed by atoms with Crippen LogP contribution in [0.1, 0.15) is 6.92 Å². The molecule has 1 rings (SSSR count). The van der Waals surface area contributed by atoms with Crippen LogP contribution in [0.5, 0.6) is 0 Å². The number of esters is 2. The fourth-order valence-electron chi connectivity index (χ4n) is 1.41. The Bertz CT molecular complexity index is 345. The van der Waals surface area contributed by atoms with Gasteiger partial charge in [-0.3, -0.25) is 4.79 Å². The number of carbonyl (C=O) groups is 2. The van der Waals surface area contributed by atoms with Gasteiger partial charge in [0.05, 0.1) is 20.8 Å². The minimum absolute atomic E-state index is 0.245. The summed E-state index contributed by atoms with van der Waals surface area (Å²) in [5, 5.41) is 37.3. The van der Waals surface area contributed by atoms with Crippen molar-refractivity contribution in [1.29, 1.82) is 0 Å². The van der Waals surface area contributed by atoms with Gasteiger partial charge >= 0.3 is 11.9 Å². The summed E-state index contributed by atoms with van der Waals surface area (Å²) in [5.74, 6) is -0.924. The molecular formula is C12H22O10. The zero-order valence-corrected chi connectivity index (χ0v) is 12.5. The van der Waals surface area contributed by atoms with Crippen LogP contribution in [0.3, 0.4) is 0 Å². The molecule has 0 amide bonds. The van der Waals surface area contributed by atoms with Gasteiger partial charge in [-0.05, 0) is 0 Å². The van der Waals surface area contributed by atoms with Gasteiger partial charge in [-0.15, -0.1) is 0 Å². The molecule has 0 aliphatic carbocycles. The van der Waals surface area contributed by atoms with Gasteiger partial charge < -0.3 is 39.4 Å². The predicted molar refractivity (Wildman–Crippen MR) is 69.4 cm³/mol. The largest absolute Gasteiger partial charge is 0.469 e. The van der Waals surface area contributed by atoms with Crippen molar-refractivity contribution in [2.45, 2.75) is 37.6 Å². The smallest absolute Gasteiger partial charge is 0.331 e. The van der Waals surface area contributed by atoms with E-state index in [1.165, 1.54) is 21.1 Å². The Balaban J connectivity index is 0.000000763. The van der Waals surface area contributed by atoms with Crippen LogP contribution >= 0.6 is 0 Å². The van der Waals surface area contributed by atoms with Gasteiger partial charge in [-0.25, -0.2) is 4.79 Å². The summed E-state index contributed by atoms with van der Waals surface area (Å²) >= 11 is 0. The van der Waals surface area contributed by atoms with E-state index in [1.807, 2.05) is 0 Å². The molecule has 0 saturated carbocycles. The fraction of sp³-hybridized carbons (Fsp3) is 0.833. The highest BCUT2D eigenvalue weighted by molar-refractivity contribution is 5.70. The van der Waals surface area contributed by atoms with Crippen LogP contribution in [0.4, 0.5) is 0 Å². The van der Waals surface area contributed by atoms with E-state index in [2.05, 4.69) is 9.47 Å². The monoisotopic (exact) mass is 326 g/mol. The standard InChI is InChI=1S/C9H16O8.C3H6O2/c1-15-5(11)3-16-9-8(14)7(13)6(12)4(2-10)17-9;1-3(4)5-2/h4,6-10,12-14H,2-3H2,1H3;1-2H3/t4-,6-,7+,8-,9-;/m1./s1. The van der Waals surface area contributed by atoms with Crippen LogP contribution in [0.2, 0.25) is 0 Å². The average Bonchev–Trinajstić information content (AvgIpc) is 2.52. The van der Waals surface area contributed by atoms with Crippen molar-refractivity contribution in [3.8, 4) is 0 Å². The van der Waals surface area contributed by atoms with Crippen LogP contribution in [0.15, 0.2) is 0 Å². The molecule has 0 unspecified atom stereocenters. The summed E-state index contributed by atoms with van der Waals surface area (Å²) in [5.41, 5.74) is 0. The Labute approximate surface area is 127 Å². The number of hydrogen-bond acceptors (Lipinski definition) is 10. The van der Waals surface area contributed by atoms with E-state index in [0.717, 1.165) is 0 Å². The Morgan fingerprint density at radius 2 is 1.59 bits per heavy atom. The van der Waals surface area contributed by atoms with Crippen molar-refractivity contribution in [2.75, 3.05) is 27.4 Å². The summed E-state index contributed by atoms with van der Waals surface area (Å²) in [7, 11) is 2.52. The number of ether oxygens (including phenoxy) is 4. The number of hydrogen-bond donors (Lipinski definition) is 4. The Hall–Kier alpha value is -1.30. The maximum atomic E-state index is 10.8. The van der Waals surface area contributed by atoms with Crippen LogP contribution < -0.4 is 0 Å². The van der Waals surface area contributed by atoms with E-state index >= 15 is 0 Å². The van der Waals surface area contributed by atoms with E-state index in [0.29, 0.717) is 0 Å². The van der Waals surface area contributed by atoms with Crippen LogP contribution in [0, 0.1) is 0 Å². The molecule has 1 saturated heterocycles. The molecule has 0 aromatic heterocycles. The molecular weight excluding hydrogens is 304 g/mol. The summed E-state index contributed by atoms with van der Waals surface area (Å²) in [6, 6.07) is 0. The van der Waals surface area contributed by atoms with Crippen molar-refractivity contribution in [3.05, 3.63) is 0 Å². The Kier molecular flexibility index (Phi) is 9.81. The number of aliphatic hydroxyl groups excluding tert-OH is 4. The van der Waals surface area contributed by atoms with Gasteiger partial charge in [0.1, 0.15) is 31.0 Å². The van der Waals surface area contributed by atoms with E-state index in [9.17, 15) is 24.9 Å². The van der Waals surface area contributed by atoms with Crippen molar-refractivity contribution in [2.24, 2.45) is 0 Å². The minimum atomic E-state index is -1.52. The van der Waals surface area contributed by atoms with E-state index in [4.69, 9.17) is 14.6 Å². The minimum Gasteiger partial charge on any atom is -0.469 e. The van der Waals surface area contributed by atoms with Crippen molar-refractivity contribution in [3.63, 3.8) is 0 Å². The molecule has 0 aromatic rings. The first-order valence-corrected chi connectivity index (χ1v) is 6.31. The molecule has 1 aliphatic heterocycles. The van der Waals surface area contributed by atoms with E-state index in [1.54, 1.807) is 0 Å². The first kappa shape index (κ1) is 20.7. The first-order valence-electron chi connectivity index (χ1n) is 6.31. The molecule has 10 nitrogen and oxygen atoms in total. The second kappa shape index (κ2) is 10.4. The third-order valence-corrected chi connectivity index (χ3v) is 2.73. The lowest BCUT2D eigenvalue weighted by atomic mass is 9.99. The van der Waals surface area contributed by atoms with Gasteiger partial charge in [0.15, 0.2) is 6.29 Å². The molecule has 5 atom stereocenters. The van der Waals surface area contributed by atoms with Crippen molar-refractivity contribution in [1.82, 2.24) is 0 Å². The molecule has 4 N–H and O–H groups in total. The van der Waals surface area contributed by atoms with Gasteiger partial charge in [-0.1, -0.05) is 0 Å². The number of aliphatic hydroxyl groups is 4. The molecule has 1 heterocycles. The molecule has 0 aromatic carbocycles. The second-order valence-corrected chi connectivity index (χ2v) is 4.28. The maximum Gasteiger partial charge on any atom is 0.331 e. The molecule has 1 fully saturated rings. The van der Waals surface area contributed by atoms with Crippen LogP contribution in [-0.4, -0.2) is 90.5 Å². The van der Waals surface area contributed by atoms with Gasteiger partial charge in [0.2, 0.25) is 0 Å². The lowest BCUT2D eigenvalue weighted by molar-refractivity contribution is -0.300. The summed E-state index contributed by atoms with van der Waals surface area (Å²) < 4.78 is 18.3. The molecule has 10 heteroatoms. The molecule has 1 aliphatic rings. The van der Waals surface area contributed by atoms with Gasteiger partial charge in [0.25, 0.3) is 0 Å². The summed E-state index contributed by atoms with van der Waals surface area (Å²) in [6.45, 7) is 0.336. The number of methoxy groups -OCH3 is 2. The van der Waals surface area contributed by atoms with E-state index in [-0.39, 0.29) is 5.97 Å². The third-order valence-electron chi connectivity index (χ3n) is 2.73. The highest BCUT2D eigenvalue weighted by atomic mass is 16.7. The van der Waals surface area contributed by atoms with Gasteiger partial charge in [-0.2, -0.15) is 0 Å². The molecule has 130 valence electrons. The van der Waals surface area contributed by atoms with E-state index < -0.39 is 49.9 Å². The first-order chi connectivity index (χ1) is 10.3. The van der Waals surface area contributed by atoms with Crippen molar-refractivity contribution >= 4 is 11.9 Å². The summed E-state index contributed by atoms with van der Waals surface area (Å²) in [6.07, 6.45) is -6.87. The lowest BCUT2D eigenvalue weighted by Crippen LogP contribution is -2.59. The lowest BCUT2D eigenvalue weighted by Gasteiger charge is -2.39. The zero-order valence-electron chi connectivity index (χ0n) is 12.5. The average molecular weight is 326 g/mol. The highest BCUT2D eigenvalue weighted by Gasteiger charge is 2.44. The normalized spacial score (nSPS) is 30.8. The highest BCUT2D eigenvalue weighted by Crippen LogP contribution is 2.21. The number of rotatable bonds is 4. The van der Waals surface area contributed by atoms with Crippen LogP contribution in [0.25, 0.3) is 0 Å². The molecule has 0 bridgehead atoms. The maximum absolute atomic E-state index is 10.8. The quantitative estimate of drug-likeness (QED) is 0.397. The Morgan fingerprint density at radius 3 is 2.00 bits per heavy atom. The SMILES string of the molecule is COC(=O)CO[C@@H]1O[C@H](CO)[C@@H](O)[C@H](O)[C@H]1O.COC(C)=O. The molecule has 22 heavy (non-hydrogen) atoms. The zero-order chi connectivity index (χ0) is 17.3. The third kappa shape index (κ3) is 6.64. The predicted octanol–water partition coefficient (Wildman–Crippen LogP) is -2.84. The van der Waals surface area contributed by atoms with Crippen molar-refractivity contribution < 1.29 is 49.0 Å². The molecule has 0 radical (unpaired) electrons. The second-order valence-electron chi connectivity index (χ2n) is 4.28. The Morgan fingerprint density at radius 1 is 1.05 bits per heavy atom. The number of carbonyl (C=O) groups excluding carboxylic acids is 2. The topological polar surface area (TPSA) is 152 Å². The van der Waals surface area contributed by atoms with Gasteiger partial charge in [0, 0.05) is 6.92 Å². The van der Waals surface area contributed by atoms with Crippen LogP contribution in [-0.2, 0) is 28.5 Å². The molecule has 0 spiro atoms.